The van der Waals surface area contributed by atoms with Gasteiger partial charge in [0.2, 0.25) is 0 Å². The second-order valence-electron chi connectivity index (χ2n) is 6.22. The fraction of sp³-hybridized carbons (Fsp3) is 0.250. The van der Waals surface area contributed by atoms with E-state index in [-0.39, 0.29) is 0 Å². The fourth-order valence-electron chi connectivity index (χ4n) is 2.82. The molecule has 0 fully saturated rings. The van der Waals surface area contributed by atoms with Crippen molar-refractivity contribution in [1.29, 1.82) is 0 Å². The highest BCUT2D eigenvalue weighted by Crippen LogP contribution is 2.30. The summed E-state index contributed by atoms with van der Waals surface area (Å²) in [6, 6.07) is 16.4. The van der Waals surface area contributed by atoms with Crippen molar-refractivity contribution in [3.63, 3.8) is 0 Å². The summed E-state index contributed by atoms with van der Waals surface area (Å²) in [6.45, 7) is 1.20. The van der Waals surface area contributed by atoms with Crippen molar-refractivity contribution < 1.29 is 9.26 Å². The predicted octanol–water partition coefficient (Wildman–Crippen LogP) is 3.54. The number of nitrogens with zero attached hydrogens (tertiary/aromatic N) is 2. The maximum absolute atomic E-state index is 5.57. The van der Waals surface area contributed by atoms with E-state index in [1.54, 1.807) is 7.11 Å². The maximum atomic E-state index is 5.57. The van der Waals surface area contributed by atoms with Gasteiger partial charge in [0.1, 0.15) is 11.4 Å². The van der Waals surface area contributed by atoms with E-state index in [0.29, 0.717) is 12.3 Å². The maximum Gasteiger partial charge on any atom is 0.150 e. The minimum Gasteiger partial charge on any atom is -0.497 e. The van der Waals surface area contributed by atoms with Crippen molar-refractivity contribution in [1.82, 2.24) is 10.1 Å². The summed E-state index contributed by atoms with van der Waals surface area (Å²) in [5.74, 6) is 1.55. The Labute approximate surface area is 148 Å². The summed E-state index contributed by atoms with van der Waals surface area (Å²) in [4.78, 5) is 2.15. The van der Waals surface area contributed by atoms with Gasteiger partial charge in [-0.15, -0.1) is 0 Å². The average Bonchev–Trinajstić information content (AvgIpc) is 3.10. The first kappa shape index (κ1) is 17.2. The van der Waals surface area contributed by atoms with E-state index in [2.05, 4.69) is 60.6 Å². The van der Waals surface area contributed by atoms with Crippen LogP contribution in [0.4, 0.5) is 0 Å². The van der Waals surface area contributed by atoms with Crippen LogP contribution in [-0.4, -0.2) is 31.3 Å². The molecule has 0 aliphatic carbocycles. The van der Waals surface area contributed by atoms with Gasteiger partial charge in [0.05, 0.1) is 13.7 Å². The molecule has 0 radical (unpaired) electrons. The van der Waals surface area contributed by atoms with Crippen LogP contribution in [0.3, 0.4) is 0 Å². The highest BCUT2D eigenvalue weighted by atomic mass is 16.5. The van der Waals surface area contributed by atoms with Crippen molar-refractivity contribution in [3.8, 4) is 28.1 Å². The van der Waals surface area contributed by atoms with Gasteiger partial charge in [-0.25, -0.2) is 0 Å². The quantitative estimate of drug-likeness (QED) is 0.745. The molecule has 3 rings (SSSR count). The zero-order chi connectivity index (χ0) is 17.8. The van der Waals surface area contributed by atoms with Crippen LogP contribution in [0.2, 0.25) is 0 Å². The lowest BCUT2D eigenvalue weighted by molar-refractivity contribution is 0.387. The van der Waals surface area contributed by atoms with Gasteiger partial charge in [0.15, 0.2) is 5.76 Å². The molecule has 0 bridgehead atoms. The van der Waals surface area contributed by atoms with E-state index in [4.69, 9.17) is 15.0 Å². The van der Waals surface area contributed by atoms with E-state index in [1.165, 1.54) is 11.1 Å². The zero-order valence-electron chi connectivity index (χ0n) is 14.8. The third-order valence-electron chi connectivity index (χ3n) is 4.05. The molecule has 0 amide bonds. The lowest BCUT2D eigenvalue weighted by Gasteiger charge is -2.16. The number of aromatic nitrogens is 1. The molecule has 0 unspecified atom stereocenters. The molecule has 3 aromatic rings. The van der Waals surface area contributed by atoms with Gasteiger partial charge < -0.3 is 19.9 Å². The number of ether oxygens (including phenoxy) is 1. The topological polar surface area (TPSA) is 64.5 Å². The van der Waals surface area contributed by atoms with E-state index in [9.17, 15) is 0 Å². The molecule has 0 spiro atoms. The third kappa shape index (κ3) is 3.90. The first-order valence-electron chi connectivity index (χ1n) is 8.19. The molecule has 5 heteroatoms. The van der Waals surface area contributed by atoms with Gasteiger partial charge in [-0.1, -0.05) is 35.5 Å². The molecule has 5 nitrogen and oxygen atoms in total. The number of hydrogen-bond acceptors (Lipinski definition) is 5. The van der Waals surface area contributed by atoms with Gasteiger partial charge in [-0.3, -0.25) is 0 Å². The van der Waals surface area contributed by atoms with Gasteiger partial charge in [0, 0.05) is 18.2 Å². The molecule has 0 aliphatic rings. The van der Waals surface area contributed by atoms with Crippen molar-refractivity contribution >= 4 is 0 Å². The lowest BCUT2D eigenvalue weighted by Crippen LogP contribution is -2.11. The molecule has 0 saturated heterocycles. The standard InChI is InChI=1S/C20H23N3O2/c1-23(2)13-16-10-17(24-3)8-9-19(16)14-4-6-15(7-5-14)20-11-18(12-21)25-22-20/h4-11H,12-13,21H2,1-3H3. The highest BCUT2D eigenvalue weighted by molar-refractivity contribution is 5.72. The molecular weight excluding hydrogens is 314 g/mol. The number of methoxy groups -OCH3 is 1. The van der Waals surface area contributed by atoms with Gasteiger partial charge in [-0.2, -0.15) is 0 Å². The fourth-order valence-corrected chi connectivity index (χ4v) is 2.82. The van der Waals surface area contributed by atoms with Gasteiger partial charge in [0.25, 0.3) is 0 Å². The SMILES string of the molecule is COc1ccc(-c2ccc(-c3cc(CN)on3)cc2)c(CN(C)C)c1. The summed E-state index contributed by atoms with van der Waals surface area (Å²) in [5.41, 5.74) is 11.0. The van der Waals surface area contributed by atoms with Gasteiger partial charge >= 0.3 is 0 Å². The minimum atomic E-state index is 0.352. The number of nitrogens with two attached hydrogens (primary N) is 1. The van der Waals surface area contributed by atoms with Crippen LogP contribution >= 0.6 is 0 Å². The zero-order valence-corrected chi connectivity index (χ0v) is 14.8. The summed E-state index contributed by atoms with van der Waals surface area (Å²) in [7, 11) is 5.81. The second-order valence-corrected chi connectivity index (χ2v) is 6.22. The highest BCUT2D eigenvalue weighted by Gasteiger charge is 2.10. The summed E-state index contributed by atoms with van der Waals surface area (Å²) >= 11 is 0. The van der Waals surface area contributed by atoms with E-state index < -0.39 is 0 Å². The number of hydrogen-bond donors (Lipinski definition) is 1. The third-order valence-corrected chi connectivity index (χ3v) is 4.05. The minimum absolute atomic E-state index is 0.352. The van der Waals surface area contributed by atoms with Crippen molar-refractivity contribution in [2.24, 2.45) is 5.73 Å². The van der Waals surface area contributed by atoms with Crippen LogP contribution < -0.4 is 10.5 Å². The molecule has 0 saturated carbocycles. The predicted molar refractivity (Wildman–Crippen MR) is 99.2 cm³/mol. The van der Waals surface area contributed by atoms with E-state index in [0.717, 1.165) is 29.1 Å². The molecule has 25 heavy (non-hydrogen) atoms. The first-order valence-corrected chi connectivity index (χ1v) is 8.19. The molecule has 0 aliphatic heterocycles. The average molecular weight is 337 g/mol. The van der Waals surface area contributed by atoms with Crippen LogP contribution in [0.25, 0.3) is 22.4 Å². The number of rotatable bonds is 6. The molecule has 2 N–H and O–H groups in total. The molecule has 1 aromatic heterocycles. The normalized spacial score (nSPS) is 11.1. The van der Waals surface area contributed by atoms with Crippen LogP contribution in [-0.2, 0) is 13.1 Å². The monoisotopic (exact) mass is 337 g/mol. The second kappa shape index (κ2) is 7.51. The summed E-state index contributed by atoms with van der Waals surface area (Å²) in [5, 5.41) is 4.06. The number of benzene rings is 2. The van der Waals surface area contributed by atoms with Crippen LogP contribution in [0.15, 0.2) is 53.1 Å². The summed E-state index contributed by atoms with van der Waals surface area (Å²) < 4.78 is 10.5. The van der Waals surface area contributed by atoms with E-state index in [1.807, 2.05) is 12.1 Å². The van der Waals surface area contributed by atoms with Crippen molar-refractivity contribution in [2.75, 3.05) is 21.2 Å². The Bertz CT molecular complexity index is 838. The Morgan fingerprint density at radius 3 is 2.36 bits per heavy atom. The molecular formula is C20H23N3O2. The van der Waals surface area contributed by atoms with Crippen molar-refractivity contribution in [2.45, 2.75) is 13.1 Å². The van der Waals surface area contributed by atoms with Crippen LogP contribution in [0, 0.1) is 0 Å². The molecule has 130 valence electrons. The Morgan fingerprint density at radius 1 is 1.04 bits per heavy atom. The van der Waals surface area contributed by atoms with Gasteiger partial charge in [-0.05, 0) is 42.9 Å². The lowest BCUT2D eigenvalue weighted by atomic mass is 9.97. The van der Waals surface area contributed by atoms with Crippen LogP contribution in [0.5, 0.6) is 5.75 Å². The Morgan fingerprint density at radius 2 is 1.76 bits per heavy atom. The Hall–Kier alpha value is -2.63. The Kier molecular flexibility index (Phi) is 5.16. The largest absolute Gasteiger partial charge is 0.497 e. The van der Waals surface area contributed by atoms with E-state index >= 15 is 0 Å². The Balaban J connectivity index is 1.93. The van der Waals surface area contributed by atoms with Crippen molar-refractivity contribution in [3.05, 3.63) is 59.9 Å². The summed E-state index contributed by atoms with van der Waals surface area (Å²) in [6.07, 6.45) is 0. The molecule has 2 aromatic carbocycles. The first-order chi connectivity index (χ1) is 12.1. The molecule has 0 atom stereocenters. The van der Waals surface area contributed by atoms with Crippen LogP contribution in [0.1, 0.15) is 11.3 Å². The molecule has 1 heterocycles. The smallest absolute Gasteiger partial charge is 0.150 e.